The van der Waals surface area contributed by atoms with Gasteiger partial charge in [-0.25, -0.2) is 9.97 Å². The summed E-state index contributed by atoms with van der Waals surface area (Å²) in [4.78, 5) is 8.01. The van der Waals surface area contributed by atoms with Gasteiger partial charge < -0.3 is 24.8 Å². The first-order valence-electron chi connectivity index (χ1n) is 7.28. The van der Waals surface area contributed by atoms with E-state index in [0.717, 1.165) is 12.0 Å². The van der Waals surface area contributed by atoms with Crippen molar-refractivity contribution in [2.45, 2.75) is 6.42 Å². The Morgan fingerprint density at radius 1 is 1.04 bits per heavy atom. The molecular formula is C16H20N4O3S. The van der Waals surface area contributed by atoms with E-state index in [1.807, 2.05) is 18.2 Å². The van der Waals surface area contributed by atoms with E-state index in [0.29, 0.717) is 34.9 Å². The van der Waals surface area contributed by atoms with Crippen LogP contribution in [-0.4, -0.2) is 43.0 Å². The van der Waals surface area contributed by atoms with Crippen molar-refractivity contribution in [1.29, 1.82) is 0 Å². The van der Waals surface area contributed by atoms with Gasteiger partial charge in [-0.2, -0.15) is 0 Å². The number of hydrogen-bond acceptors (Lipinski definition) is 6. The van der Waals surface area contributed by atoms with Crippen LogP contribution in [0.1, 0.15) is 5.56 Å². The molecule has 0 aliphatic heterocycles. The van der Waals surface area contributed by atoms with Crippen molar-refractivity contribution in [1.82, 2.24) is 15.3 Å². The fourth-order valence-corrected chi connectivity index (χ4v) is 2.24. The maximum Gasteiger partial charge on any atom is 0.218 e. The molecule has 0 saturated carbocycles. The SMILES string of the molecule is COc1cc(NC(=S)NCCc2ccc(OC)c(OC)c2)ncn1. The standard InChI is InChI=1S/C16H20N4O3S/c1-21-12-5-4-11(8-13(12)22-2)6-7-17-16(24)20-14-9-15(23-3)19-10-18-14/h4-5,8-10H,6-7H2,1-3H3,(H2,17,18,19,20,24). The summed E-state index contributed by atoms with van der Waals surface area (Å²) in [5, 5.41) is 6.60. The van der Waals surface area contributed by atoms with Crippen LogP contribution < -0.4 is 24.8 Å². The third-order valence-electron chi connectivity index (χ3n) is 3.24. The van der Waals surface area contributed by atoms with Gasteiger partial charge in [-0.05, 0) is 36.3 Å². The molecule has 8 heteroatoms. The van der Waals surface area contributed by atoms with E-state index in [1.54, 1.807) is 27.4 Å². The first-order valence-corrected chi connectivity index (χ1v) is 7.69. The molecule has 0 bridgehead atoms. The largest absolute Gasteiger partial charge is 0.493 e. The zero-order chi connectivity index (χ0) is 17.4. The van der Waals surface area contributed by atoms with Gasteiger partial charge in [-0.1, -0.05) is 6.07 Å². The lowest BCUT2D eigenvalue weighted by molar-refractivity contribution is 0.354. The van der Waals surface area contributed by atoms with Crippen LogP contribution in [0.3, 0.4) is 0 Å². The van der Waals surface area contributed by atoms with Gasteiger partial charge in [0.15, 0.2) is 16.6 Å². The molecule has 0 aliphatic rings. The molecule has 1 aromatic carbocycles. The number of benzene rings is 1. The molecule has 24 heavy (non-hydrogen) atoms. The molecule has 2 rings (SSSR count). The van der Waals surface area contributed by atoms with Crippen LogP contribution in [0.15, 0.2) is 30.6 Å². The number of thiocarbonyl (C=S) groups is 1. The van der Waals surface area contributed by atoms with Gasteiger partial charge in [0.05, 0.1) is 21.3 Å². The van der Waals surface area contributed by atoms with Gasteiger partial charge in [-0.15, -0.1) is 0 Å². The lowest BCUT2D eigenvalue weighted by atomic mass is 10.1. The molecule has 0 unspecified atom stereocenters. The maximum atomic E-state index is 5.30. The Bertz CT molecular complexity index is 697. The Morgan fingerprint density at radius 3 is 2.54 bits per heavy atom. The van der Waals surface area contributed by atoms with E-state index >= 15 is 0 Å². The summed E-state index contributed by atoms with van der Waals surface area (Å²) in [5.41, 5.74) is 1.12. The normalized spacial score (nSPS) is 9.96. The van der Waals surface area contributed by atoms with Crippen LogP contribution >= 0.6 is 12.2 Å². The maximum absolute atomic E-state index is 5.30. The molecule has 2 aromatic rings. The molecule has 0 radical (unpaired) electrons. The molecule has 7 nitrogen and oxygen atoms in total. The second kappa shape index (κ2) is 8.88. The molecule has 0 saturated heterocycles. The topological polar surface area (TPSA) is 77.5 Å². The first kappa shape index (κ1) is 17.7. The minimum absolute atomic E-state index is 0.473. The van der Waals surface area contributed by atoms with Crippen LogP contribution in [-0.2, 0) is 6.42 Å². The number of anilines is 1. The molecule has 0 atom stereocenters. The summed E-state index contributed by atoms with van der Waals surface area (Å²) < 4.78 is 15.6. The molecule has 0 aliphatic carbocycles. The average Bonchev–Trinajstić information content (AvgIpc) is 2.61. The Hall–Kier alpha value is -2.61. The zero-order valence-electron chi connectivity index (χ0n) is 13.8. The van der Waals surface area contributed by atoms with E-state index in [-0.39, 0.29) is 0 Å². The summed E-state index contributed by atoms with van der Waals surface area (Å²) in [7, 11) is 4.78. The molecule has 1 aromatic heterocycles. The fraction of sp³-hybridized carbons (Fsp3) is 0.312. The van der Waals surface area contributed by atoms with Gasteiger partial charge in [0.2, 0.25) is 5.88 Å². The average molecular weight is 348 g/mol. The summed E-state index contributed by atoms with van der Waals surface area (Å²) in [6.45, 7) is 0.670. The number of ether oxygens (including phenoxy) is 3. The Kier molecular flexibility index (Phi) is 6.56. The van der Waals surface area contributed by atoms with Crippen molar-refractivity contribution in [2.24, 2.45) is 0 Å². The minimum atomic E-state index is 0.473. The predicted molar refractivity (Wildman–Crippen MR) is 96.1 cm³/mol. The highest BCUT2D eigenvalue weighted by molar-refractivity contribution is 7.80. The van der Waals surface area contributed by atoms with Crippen LogP contribution in [0.4, 0.5) is 5.82 Å². The van der Waals surface area contributed by atoms with Crippen LogP contribution in [0.5, 0.6) is 17.4 Å². The summed E-state index contributed by atoms with van der Waals surface area (Å²) in [5.74, 6) is 2.47. The summed E-state index contributed by atoms with van der Waals surface area (Å²) in [6, 6.07) is 7.50. The number of hydrogen-bond donors (Lipinski definition) is 2. The number of nitrogens with one attached hydrogen (secondary N) is 2. The quantitative estimate of drug-likeness (QED) is 0.736. The highest BCUT2D eigenvalue weighted by Gasteiger charge is 2.05. The summed E-state index contributed by atoms with van der Waals surface area (Å²) >= 11 is 5.25. The molecule has 0 amide bonds. The van der Waals surface area contributed by atoms with Gasteiger partial charge in [0.25, 0.3) is 0 Å². The van der Waals surface area contributed by atoms with Crippen molar-refractivity contribution < 1.29 is 14.2 Å². The molecule has 0 fully saturated rings. The molecule has 2 N–H and O–H groups in total. The Balaban J connectivity index is 1.84. The zero-order valence-corrected chi connectivity index (χ0v) is 14.6. The molecule has 0 spiro atoms. The van der Waals surface area contributed by atoms with Crippen molar-refractivity contribution in [3.63, 3.8) is 0 Å². The number of rotatable bonds is 7. The number of nitrogens with zero attached hydrogens (tertiary/aromatic N) is 2. The van der Waals surface area contributed by atoms with E-state index in [4.69, 9.17) is 26.4 Å². The van der Waals surface area contributed by atoms with Crippen molar-refractivity contribution >= 4 is 23.1 Å². The second-order valence-corrected chi connectivity index (χ2v) is 5.17. The third-order valence-corrected chi connectivity index (χ3v) is 3.49. The van der Waals surface area contributed by atoms with Crippen molar-refractivity contribution in [2.75, 3.05) is 33.2 Å². The molecule has 128 valence electrons. The first-order chi connectivity index (χ1) is 11.7. The number of aromatic nitrogens is 2. The van der Waals surface area contributed by atoms with Gasteiger partial charge in [-0.3, -0.25) is 0 Å². The van der Waals surface area contributed by atoms with Crippen molar-refractivity contribution in [3.05, 3.63) is 36.2 Å². The van der Waals surface area contributed by atoms with Crippen LogP contribution in [0, 0.1) is 0 Å². The highest BCUT2D eigenvalue weighted by Crippen LogP contribution is 2.27. The smallest absolute Gasteiger partial charge is 0.218 e. The van der Waals surface area contributed by atoms with Gasteiger partial charge in [0, 0.05) is 12.6 Å². The van der Waals surface area contributed by atoms with Gasteiger partial charge in [0.1, 0.15) is 12.1 Å². The summed E-state index contributed by atoms with van der Waals surface area (Å²) in [6.07, 6.45) is 2.20. The lowest BCUT2D eigenvalue weighted by Gasteiger charge is -2.12. The lowest BCUT2D eigenvalue weighted by Crippen LogP contribution is -2.30. The van der Waals surface area contributed by atoms with E-state index < -0.39 is 0 Å². The number of methoxy groups -OCH3 is 3. The fourth-order valence-electron chi connectivity index (χ4n) is 2.04. The second-order valence-electron chi connectivity index (χ2n) is 4.77. The predicted octanol–water partition coefficient (Wildman–Crippen LogP) is 2.03. The van der Waals surface area contributed by atoms with Crippen LogP contribution in [0.25, 0.3) is 0 Å². The minimum Gasteiger partial charge on any atom is -0.493 e. The van der Waals surface area contributed by atoms with Gasteiger partial charge >= 0.3 is 0 Å². The van der Waals surface area contributed by atoms with E-state index in [1.165, 1.54) is 6.33 Å². The molecule has 1 heterocycles. The Labute approximate surface area is 146 Å². The monoisotopic (exact) mass is 348 g/mol. The van der Waals surface area contributed by atoms with Crippen LogP contribution in [0.2, 0.25) is 0 Å². The Morgan fingerprint density at radius 2 is 1.83 bits per heavy atom. The highest BCUT2D eigenvalue weighted by atomic mass is 32.1. The third kappa shape index (κ3) is 4.95. The van der Waals surface area contributed by atoms with E-state index in [9.17, 15) is 0 Å². The van der Waals surface area contributed by atoms with Crippen molar-refractivity contribution in [3.8, 4) is 17.4 Å². The van der Waals surface area contributed by atoms with E-state index in [2.05, 4.69) is 20.6 Å². The molecular weight excluding hydrogens is 328 g/mol.